The van der Waals surface area contributed by atoms with Gasteiger partial charge in [0, 0.05) is 12.7 Å². The van der Waals surface area contributed by atoms with E-state index >= 15 is 0 Å². The number of para-hydroxylation sites is 1. The summed E-state index contributed by atoms with van der Waals surface area (Å²) in [5.74, 6) is -0.909. The fraction of sp³-hybridized carbons (Fsp3) is 0.348. The second-order valence-corrected chi connectivity index (χ2v) is 7.01. The summed E-state index contributed by atoms with van der Waals surface area (Å²) in [7, 11) is 1.48. The van der Waals surface area contributed by atoms with Gasteiger partial charge in [-0.05, 0) is 49.1 Å². The summed E-state index contributed by atoms with van der Waals surface area (Å²) in [5.41, 5.74) is 3.78. The highest BCUT2D eigenvalue weighted by Crippen LogP contribution is 2.19. The van der Waals surface area contributed by atoms with Crippen molar-refractivity contribution < 1.29 is 23.9 Å². The van der Waals surface area contributed by atoms with Crippen LogP contribution < -0.4 is 10.1 Å². The zero-order chi connectivity index (χ0) is 22.1. The minimum absolute atomic E-state index is 0.148. The van der Waals surface area contributed by atoms with Crippen molar-refractivity contribution in [1.82, 2.24) is 4.90 Å². The number of benzene rings is 2. The second kappa shape index (κ2) is 11.0. The molecule has 0 saturated carbocycles. The zero-order valence-corrected chi connectivity index (χ0v) is 17.9. The van der Waals surface area contributed by atoms with Crippen LogP contribution in [0.2, 0.25) is 0 Å². The lowest BCUT2D eigenvalue weighted by Gasteiger charge is -2.18. The number of amides is 2. The number of anilines is 1. The second-order valence-electron chi connectivity index (χ2n) is 7.01. The molecule has 0 aliphatic rings. The Morgan fingerprint density at radius 1 is 0.967 bits per heavy atom. The Morgan fingerprint density at radius 2 is 1.60 bits per heavy atom. The third-order valence-corrected chi connectivity index (χ3v) is 4.60. The maximum Gasteiger partial charge on any atom is 0.344 e. The number of carbonyl (C=O) groups excluding carboxylic acids is 3. The first-order valence-corrected chi connectivity index (χ1v) is 9.77. The van der Waals surface area contributed by atoms with E-state index < -0.39 is 18.5 Å². The first-order chi connectivity index (χ1) is 14.3. The van der Waals surface area contributed by atoms with Crippen LogP contribution in [0.5, 0.6) is 5.75 Å². The molecule has 1 N–H and O–H groups in total. The average Bonchev–Trinajstić information content (AvgIpc) is 2.73. The lowest BCUT2D eigenvalue weighted by molar-refractivity contribution is -0.153. The van der Waals surface area contributed by atoms with Crippen LogP contribution in [-0.4, -0.2) is 49.5 Å². The van der Waals surface area contributed by atoms with E-state index in [1.807, 2.05) is 44.2 Å². The largest absolute Gasteiger partial charge is 0.482 e. The van der Waals surface area contributed by atoms with Gasteiger partial charge in [-0.15, -0.1) is 0 Å². The van der Waals surface area contributed by atoms with Gasteiger partial charge >= 0.3 is 5.97 Å². The predicted molar refractivity (Wildman–Crippen MR) is 114 cm³/mol. The standard InChI is InChI=1S/C23H28N2O5/c1-5-18-9-11-19(12-10-18)29-15-22(28)30-14-21(27)25(4)13-20(26)24-23-16(2)7-6-8-17(23)3/h6-12H,5,13-15H2,1-4H3,(H,24,26). The number of likely N-dealkylation sites (N-methyl/N-ethyl adjacent to an activating group) is 1. The third kappa shape index (κ3) is 6.92. The number of ether oxygens (including phenoxy) is 2. The van der Waals surface area contributed by atoms with E-state index in [2.05, 4.69) is 12.2 Å². The monoisotopic (exact) mass is 412 g/mol. The normalized spacial score (nSPS) is 10.3. The Hall–Kier alpha value is -3.35. The summed E-state index contributed by atoms with van der Waals surface area (Å²) in [5, 5.41) is 2.82. The number of nitrogens with one attached hydrogen (secondary N) is 1. The number of carbonyl (C=O) groups is 3. The Balaban J connectivity index is 1.73. The maximum absolute atomic E-state index is 12.2. The Bertz CT molecular complexity index is 873. The molecule has 0 aliphatic carbocycles. The molecule has 30 heavy (non-hydrogen) atoms. The number of hydrogen-bond acceptors (Lipinski definition) is 5. The molecule has 0 aromatic heterocycles. The molecule has 7 nitrogen and oxygen atoms in total. The summed E-state index contributed by atoms with van der Waals surface area (Å²) < 4.78 is 10.3. The molecule has 2 rings (SSSR count). The van der Waals surface area contributed by atoms with Crippen molar-refractivity contribution in [2.75, 3.05) is 32.1 Å². The Morgan fingerprint density at radius 3 is 2.20 bits per heavy atom. The lowest BCUT2D eigenvalue weighted by Crippen LogP contribution is -2.38. The van der Waals surface area contributed by atoms with Crippen molar-refractivity contribution in [2.45, 2.75) is 27.2 Å². The lowest BCUT2D eigenvalue weighted by atomic mass is 10.1. The summed E-state index contributed by atoms with van der Waals surface area (Å²) in [4.78, 5) is 37.4. The molecule has 0 fully saturated rings. The molecule has 0 radical (unpaired) electrons. The molecule has 0 saturated heterocycles. The number of esters is 1. The van der Waals surface area contributed by atoms with E-state index in [0.29, 0.717) is 5.75 Å². The van der Waals surface area contributed by atoms with E-state index in [4.69, 9.17) is 9.47 Å². The third-order valence-electron chi connectivity index (χ3n) is 4.60. The molecular formula is C23H28N2O5. The minimum atomic E-state index is -0.656. The van der Waals surface area contributed by atoms with Crippen LogP contribution in [0.3, 0.4) is 0 Å². The van der Waals surface area contributed by atoms with Gasteiger partial charge in [-0.25, -0.2) is 4.79 Å². The molecule has 7 heteroatoms. The van der Waals surface area contributed by atoms with Crippen molar-refractivity contribution in [3.05, 3.63) is 59.2 Å². The molecule has 0 spiro atoms. The van der Waals surface area contributed by atoms with E-state index in [1.54, 1.807) is 12.1 Å². The van der Waals surface area contributed by atoms with Gasteiger partial charge < -0.3 is 19.7 Å². The first-order valence-electron chi connectivity index (χ1n) is 9.77. The first kappa shape index (κ1) is 22.9. The van der Waals surface area contributed by atoms with Crippen LogP contribution in [-0.2, 0) is 25.5 Å². The van der Waals surface area contributed by atoms with Gasteiger partial charge in [0.15, 0.2) is 13.2 Å². The number of rotatable bonds is 9. The zero-order valence-electron chi connectivity index (χ0n) is 17.9. The SMILES string of the molecule is CCc1ccc(OCC(=O)OCC(=O)N(C)CC(=O)Nc2c(C)cccc2C)cc1. The van der Waals surface area contributed by atoms with Crippen LogP contribution in [0.1, 0.15) is 23.6 Å². The number of nitrogens with zero attached hydrogens (tertiary/aromatic N) is 1. The molecule has 2 aromatic rings. The summed E-state index contributed by atoms with van der Waals surface area (Å²) >= 11 is 0. The minimum Gasteiger partial charge on any atom is -0.482 e. The maximum atomic E-state index is 12.2. The molecule has 0 heterocycles. The molecule has 0 bridgehead atoms. The highest BCUT2D eigenvalue weighted by Gasteiger charge is 2.16. The summed E-state index contributed by atoms with van der Waals surface area (Å²) in [6.45, 7) is 4.95. The van der Waals surface area contributed by atoms with E-state index in [0.717, 1.165) is 23.2 Å². The molecule has 2 aromatic carbocycles. The van der Waals surface area contributed by atoms with Crippen LogP contribution in [0, 0.1) is 13.8 Å². The van der Waals surface area contributed by atoms with Crippen LogP contribution in [0.25, 0.3) is 0 Å². The van der Waals surface area contributed by atoms with Crippen molar-refractivity contribution in [3.8, 4) is 5.75 Å². The van der Waals surface area contributed by atoms with Crippen LogP contribution in [0.4, 0.5) is 5.69 Å². The van der Waals surface area contributed by atoms with Gasteiger partial charge in [0.05, 0.1) is 6.54 Å². The van der Waals surface area contributed by atoms with Gasteiger partial charge in [-0.1, -0.05) is 37.3 Å². The summed E-state index contributed by atoms with van der Waals surface area (Å²) in [6.07, 6.45) is 0.917. The highest BCUT2D eigenvalue weighted by molar-refractivity contribution is 5.96. The molecular weight excluding hydrogens is 384 g/mol. The van der Waals surface area contributed by atoms with Gasteiger partial charge in [0.2, 0.25) is 5.91 Å². The van der Waals surface area contributed by atoms with Gasteiger partial charge in [0.25, 0.3) is 5.91 Å². The van der Waals surface area contributed by atoms with Gasteiger partial charge in [-0.3, -0.25) is 9.59 Å². The van der Waals surface area contributed by atoms with E-state index in [1.165, 1.54) is 17.5 Å². The van der Waals surface area contributed by atoms with E-state index in [-0.39, 0.29) is 19.1 Å². The quantitative estimate of drug-likeness (QED) is 0.640. The molecule has 0 aliphatic heterocycles. The molecule has 160 valence electrons. The summed E-state index contributed by atoms with van der Waals surface area (Å²) in [6, 6.07) is 13.1. The van der Waals surface area contributed by atoms with Crippen LogP contribution in [0.15, 0.2) is 42.5 Å². The van der Waals surface area contributed by atoms with Gasteiger partial charge in [-0.2, -0.15) is 0 Å². The number of hydrogen-bond donors (Lipinski definition) is 1. The topological polar surface area (TPSA) is 84.9 Å². The van der Waals surface area contributed by atoms with Crippen molar-refractivity contribution in [2.24, 2.45) is 0 Å². The Kier molecular flexibility index (Phi) is 8.41. The average molecular weight is 412 g/mol. The van der Waals surface area contributed by atoms with Crippen molar-refractivity contribution >= 4 is 23.5 Å². The van der Waals surface area contributed by atoms with Crippen LogP contribution >= 0.6 is 0 Å². The predicted octanol–water partition coefficient (Wildman–Crippen LogP) is 2.88. The molecule has 2 amide bonds. The number of aryl methyl sites for hydroxylation is 3. The highest BCUT2D eigenvalue weighted by atomic mass is 16.6. The fourth-order valence-electron chi connectivity index (χ4n) is 2.75. The Labute approximate surface area is 177 Å². The van der Waals surface area contributed by atoms with Crippen molar-refractivity contribution in [3.63, 3.8) is 0 Å². The molecule has 0 atom stereocenters. The fourth-order valence-corrected chi connectivity index (χ4v) is 2.75. The van der Waals surface area contributed by atoms with Crippen molar-refractivity contribution in [1.29, 1.82) is 0 Å². The van der Waals surface area contributed by atoms with E-state index in [9.17, 15) is 14.4 Å². The smallest absolute Gasteiger partial charge is 0.344 e. The molecule has 0 unspecified atom stereocenters. The van der Waals surface area contributed by atoms with Gasteiger partial charge in [0.1, 0.15) is 5.75 Å².